The molecule has 4 rings (SSSR count). The lowest BCUT2D eigenvalue weighted by molar-refractivity contribution is -0.129. The molecule has 3 heterocycles. The van der Waals surface area contributed by atoms with Crippen LogP contribution < -0.4 is 0 Å². The molecule has 30 heavy (non-hydrogen) atoms. The molecule has 7 nitrogen and oxygen atoms in total. The summed E-state index contributed by atoms with van der Waals surface area (Å²) in [4.78, 5) is 33.9. The molecule has 1 atom stereocenters. The summed E-state index contributed by atoms with van der Waals surface area (Å²) in [5, 5.41) is 11.5. The van der Waals surface area contributed by atoms with Crippen LogP contribution in [0.25, 0.3) is 11.0 Å². The maximum atomic E-state index is 13.4. The van der Waals surface area contributed by atoms with Crippen molar-refractivity contribution in [2.45, 2.75) is 12.5 Å². The zero-order valence-electron chi connectivity index (χ0n) is 16.9. The Morgan fingerprint density at radius 3 is 2.73 bits per heavy atom. The minimum Gasteiger partial charge on any atom is -0.503 e. The molecule has 0 radical (unpaired) electrons. The average molecular weight is 405 g/mol. The number of benzene rings is 1. The molecule has 2 aromatic heterocycles. The summed E-state index contributed by atoms with van der Waals surface area (Å²) in [6, 6.07) is 11.8. The number of aliphatic hydroxyl groups excluding tert-OH is 1. The van der Waals surface area contributed by atoms with Gasteiger partial charge in [-0.2, -0.15) is 0 Å². The van der Waals surface area contributed by atoms with E-state index >= 15 is 0 Å². The second-order valence-electron chi connectivity index (χ2n) is 7.58. The lowest BCUT2D eigenvalue weighted by Crippen LogP contribution is -2.33. The van der Waals surface area contributed by atoms with Crippen molar-refractivity contribution in [1.82, 2.24) is 14.8 Å². The van der Waals surface area contributed by atoms with Gasteiger partial charge in [0.2, 0.25) is 5.78 Å². The van der Waals surface area contributed by atoms with E-state index in [2.05, 4.69) is 4.98 Å². The number of carbonyl (C=O) groups is 2. The third kappa shape index (κ3) is 3.59. The summed E-state index contributed by atoms with van der Waals surface area (Å²) >= 11 is 0. The predicted octanol–water partition coefficient (Wildman–Crippen LogP) is 3.36. The average Bonchev–Trinajstić information content (AvgIpc) is 3.28. The van der Waals surface area contributed by atoms with Crippen LogP contribution in [-0.4, -0.2) is 58.8 Å². The molecule has 0 bridgehead atoms. The van der Waals surface area contributed by atoms with Crippen LogP contribution in [-0.2, 0) is 4.79 Å². The van der Waals surface area contributed by atoms with E-state index < -0.39 is 23.5 Å². The van der Waals surface area contributed by atoms with Gasteiger partial charge >= 0.3 is 0 Å². The van der Waals surface area contributed by atoms with E-state index in [1.807, 2.05) is 37.2 Å². The largest absolute Gasteiger partial charge is 0.503 e. The predicted molar refractivity (Wildman–Crippen MR) is 112 cm³/mol. The second kappa shape index (κ2) is 8.12. The highest BCUT2D eigenvalue weighted by Gasteiger charge is 2.44. The van der Waals surface area contributed by atoms with Crippen LogP contribution in [0.3, 0.4) is 0 Å². The van der Waals surface area contributed by atoms with E-state index in [4.69, 9.17) is 4.42 Å². The Hall–Kier alpha value is -3.45. The highest BCUT2D eigenvalue weighted by atomic mass is 16.3. The normalized spacial score (nSPS) is 16.8. The fraction of sp³-hybridized carbons (Fsp3) is 0.261. The Balaban J connectivity index is 1.73. The Morgan fingerprint density at radius 2 is 2.03 bits per heavy atom. The lowest BCUT2D eigenvalue weighted by Gasteiger charge is -2.26. The van der Waals surface area contributed by atoms with E-state index in [1.54, 1.807) is 36.7 Å². The van der Waals surface area contributed by atoms with Gasteiger partial charge in [0.15, 0.2) is 11.5 Å². The SMILES string of the molecule is CN(C)CCCN1C(=O)C(O)=C(C(=O)c2cc3ccccc3o2)[C@H]1c1cccnc1. The highest BCUT2D eigenvalue weighted by molar-refractivity contribution is 6.15. The Kier molecular flexibility index (Phi) is 5.37. The van der Waals surface area contributed by atoms with Crippen LogP contribution in [0.5, 0.6) is 0 Å². The number of rotatable bonds is 7. The van der Waals surface area contributed by atoms with Gasteiger partial charge < -0.3 is 19.3 Å². The van der Waals surface area contributed by atoms with Gasteiger partial charge in [-0.3, -0.25) is 14.6 Å². The Morgan fingerprint density at radius 1 is 1.23 bits per heavy atom. The number of ketones is 1. The number of pyridine rings is 1. The second-order valence-corrected chi connectivity index (χ2v) is 7.58. The number of furan rings is 1. The van der Waals surface area contributed by atoms with E-state index in [0.717, 1.165) is 11.9 Å². The third-order valence-electron chi connectivity index (χ3n) is 5.20. The maximum absolute atomic E-state index is 13.4. The standard InChI is InChI=1S/C23H23N3O4/c1-25(2)11-6-12-26-20(16-8-5-10-24-14-16)19(22(28)23(26)29)21(27)18-13-15-7-3-4-9-17(15)30-18/h3-5,7-10,13-14,20,28H,6,11-12H2,1-2H3/t20-/m1/s1. The summed E-state index contributed by atoms with van der Waals surface area (Å²) in [6.07, 6.45) is 3.94. The van der Waals surface area contributed by atoms with Crippen LogP contribution in [0.2, 0.25) is 0 Å². The molecule has 0 saturated heterocycles. The van der Waals surface area contributed by atoms with Crippen molar-refractivity contribution in [1.29, 1.82) is 0 Å². The molecule has 1 aliphatic rings. The van der Waals surface area contributed by atoms with Crippen molar-refractivity contribution in [2.75, 3.05) is 27.2 Å². The van der Waals surface area contributed by atoms with E-state index in [1.165, 1.54) is 4.90 Å². The van der Waals surface area contributed by atoms with Gasteiger partial charge in [0, 0.05) is 24.3 Å². The molecule has 1 aromatic carbocycles. The summed E-state index contributed by atoms with van der Waals surface area (Å²) < 4.78 is 5.71. The van der Waals surface area contributed by atoms with E-state index in [-0.39, 0.29) is 11.3 Å². The number of hydrogen-bond acceptors (Lipinski definition) is 6. The van der Waals surface area contributed by atoms with Gasteiger partial charge in [0.1, 0.15) is 5.58 Å². The summed E-state index contributed by atoms with van der Waals surface area (Å²) in [7, 11) is 3.91. The first-order valence-electron chi connectivity index (χ1n) is 9.79. The van der Waals surface area contributed by atoms with E-state index in [0.29, 0.717) is 24.1 Å². The van der Waals surface area contributed by atoms with Gasteiger partial charge in [0.05, 0.1) is 11.6 Å². The molecule has 3 aromatic rings. The molecule has 0 aliphatic carbocycles. The molecule has 7 heteroatoms. The zero-order valence-corrected chi connectivity index (χ0v) is 16.9. The number of para-hydroxylation sites is 1. The van der Waals surface area contributed by atoms with Crippen LogP contribution >= 0.6 is 0 Å². The molecule has 0 fully saturated rings. The highest BCUT2D eigenvalue weighted by Crippen LogP contribution is 2.39. The summed E-state index contributed by atoms with van der Waals surface area (Å²) in [5.74, 6) is -1.49. The van der Waals surface area contributed by atoms with Gasteiger partial charge in [-0.05, 0) is 50.8 Å². The number of hydrogen-bond donors (Lipinski definition) is 1. The molecule has 0 saturated carbocycles. The number of Topliss-reactive ketones (excluding diaryl/α,β-unsaturated/α-hetero) is 1. The first-order chi connectivity index (χ1) is 14.5. The quantitative estimate of drug-likeness (QED) is 0.607. The fourth-order valence-electron chi connectivity index (χ4n) is 3.78. The Bertz CT molecular complexity index is 1080. The van der Waals surface area contributed by atoms with Crippen molar-refractivity contribution in [3.8, 4) is 0 Å². The number of carbonyl (C=O) groups excluding carboxylic acids is 2. The van der Waals surface area contributed by atoms with Crippen LogP contribution in [0.15, 0.2) is 70.6 Å². The summed E-state index contributed by atoms with van der Waals surface area (Å²) in [6.45, 7) is 1.18. The van der Waals surface area contributed by atoms with Crippen molar-refractivity contribution in [2.24, 2.45) is 0 Å². The zero-order chi connectivity index (χ0) is 21.3. The number of nitrogens with zero attached hydrogens (tertiary/aromatic N) is 3. The number of amides is 1. The first-order valence-corrected chi connectivity index (χ1v) is 9.79. The minimum absolute atomic E-state index is 0.0249. The fourth-order valence-corrected chi connectivity index (χ4v) is 3.78. The number of aromatic nitrogens is 1. The molecule has 1 N–H and O–H groups in total. The molecule has 0 unspecified atom stereocenters. The molecule has 1 amide bonds. The van der Waals surface area contributed by atoms with Gasteiger partial charge in [-0.1, -0.05) is 24.3 Å². The van der Waals surface area contributed by atoms with Crippen molar-refractivity contribution in [3.63, 3.8) is 0 Å². The lowest BCUT2D eigenvalue weighted by atomic mass is 9.96. The number of aliphatic hydroxyl groups is 1. The Labute approximate surface area is 174 Å². The van der Waals surface area contributed by atoms with Gasteiger partial charge in [-0.15, -0.1) is 0 Å². The van der Waals surface area contributed by atoms with Crippen molar-refractivity contribution < 1.29 is 19.1 Å². The molecule has 0 spiro atoms. The smallest absolute Gasteiger partial charge is 0.290 e. The monoisotopic (exact) mass is 405 g/mol. The first kappa shape index (κ1) is 19.8. The van der Waals surface area contributed by atoms with Crippen molar-refractivity contribution in [3.05, 3.63) is 77.5 Å². The summed E-state index contributed by atoms with van der Waals surface area (Å²) in [5.41, 5.74) is 1.27. The minimum atomic E-state index is -0.714. The number of fused-ring (bicyclic) bond motifs is 1. The third-order valence-corrected chi connectivity index (χ3v) is 5.20. The van der Waals surface area contributed by atoms with Crippen LogP contribution in [0, 0.1) is 0 Å². The molecular formula is C23H23N3O4. The van der Waals surface area contributed by atoms with Crippen LogP contribution in [0.4, 0.5) is 0 Å². The van der Waals surface area contributed by atoms with Gasteiger partial charge in [0.25, 0.3) is 5.91 Å². The molecule has 154 valence electrons. The maximum Gasteiger partial charge on any atom is 0.290 e. The van der Waals surface area contributed by atoms with Gasteiger partial charge in [-0.25, -0.2) is 0 Å². The van der Waals surface area contributed by atoms with E-state index in [9.17, 15) is 14.7 Å². The molecule has 1 aliphatic heterocycles. The van der Waals surface area contributed by atoms with Crippen LogP contribution in [0.1, 0.15) is 28.6 Å². The topological polar surface area (TPSA) is 86.9 Å². The van der Waals surface area contributed by atoms with Crippen molar-refractivity contribution >= 4 is 22.7 Å². The molecular weight excluding hydrogens is 382 g/mol.